The molecule has 1 aromatic heterocycles. The minimum Gasteiger partial charge on any atom is -0.497 e. The molecule has 3 rings (SSSR count). The predicted molar refractivity (Wildman–Crippen MR) is 96.0 cm³/mol. The fraction of sp³-hybridized carbons (Fsp3) is 0.0556. The van der Waals surface area contributed by atoms with E-state index in [0.717, 1.165) is 17.1 Å². The number of methoxy groups -OCH3 is 1. The lowest BCUT2D eigenvalue weighted by atomic mass is 10.3. The fourth-order valence-electron chi connectivity index (χ4n) is 2.20. The van der Waals surface area contributed by atoms with E-state index in [2.05, 4.69) is 4.99 Å². The third-order valence-corrected chi connectivity index (χ3v) is 3.91. The summed E-state index contributed by atoms with van der Waals surface area (Å²) in [4.78, 5) is 4.45. The highest BCUT2D eigenvalue weighted by molar-refractivity contribution is 6.36. The highest BCUT2D eigenvalue weighted by Crippen LogP contribution is 2.28. The maximum Gasteiger partial charge on any atom is 0.119 e. The van der Waals surface area contributed by atoms with E-state index < -0.39 is 0 Å². The summed E-state index contributed by atoms with van der Waals surface area (Å²) in [5.41, 5.74) is 2.65. The van der Waals surface area contributed by atoms with Gasteiger partial charge in [0, 0.05) is 16.9 Å². The average molecular weight is 345 g/mol. The van der Waals surface area contributed by atoms with Crippen molar-refractivity contribution >= 4 is 35.1 Å². The maximum atomic E-state index is 6.14. The van der Waals surface area contributed by atoms with E-state index >= 15 is 0 Å². The van der Waals surface area contributed by atoms with Crippen LogP contribution in [-0.2, 0) is 0 Å². The molecule has 0 unspecified atom stereocenters. The molecule has 0 radical (unpaired) electrons. The highest BCUT2D eigenvalue weighted by atomic mass is 35.5. The lowest BCUT2D eigenvalue weighted by molar-refractivity contribution is 0.415. The zero-order valence-electron chi connectivity index (χ0n) is 12.4. The molecule has 3 aromatic rings. The number of nitrogens with zero attached hydrogens (tertiary/aromatic N) is 2. The predicted octanol–water partition coefficient (Wildman–Crippen LogP) is 5.54. The number of benzene rings is 2. The van der Waals surface area contributed by atoms with Crippen LogP contribution in [0.2, 0.25) is 10.0 Å². The number of hydrogen-bond acceptors (Lipinski definition) is 2. The van der Waals surface area contributed by atoms with E-state index in [1.165, 1.54) is 0 Å². The Morgan fingerprint density at radius 2 is 1.83 bits per heavy atom. The van der Waals surface area contributed by atoms with Gasteiger partial charge >= 0.3 is 0 Å². The van der Waals surface area contributed by atoms with Crippen LogP contribution in [0, 0.1) is 0 Å². The number of ether oxygens (including phenoxy) is 1. The Bertz CT molecular complexity index is 838. The summed E-state index contributed by atoms with van der Waals surface area (Å²) >= 11 is 12.0. The Balaban J connectivity index is 1.89. The van der Waals surface area contributed by atoms with Crippen LogP contribution < -0.4 is 4.74 Å². The number of rotatable bonds is 4. The topological polar surface area (TPSA) is 26.5 Å². The van der Waals surface area contributed by atoms with Gasteiger partial charge in [0.1, 0.15) is 5.75 Å². The molecule has 0 N–H and O–H groups in total. The molecule has 0 aliphatic carbocycles. The fourth-order valence-corrected chi connectivity index (χ4v) is 2.66. The third-order valence-electron chi connectivity index (χ3n) is 3.38. The second-order valence-corrected chi connectivity index (χ2v) is 5.70. The van der Waals surface area contributed by atoms with Crippen molar-refractivity contribution in [3.8, 4) is 11.4 Å². The molecule has 0 aliphatic heterocycles. The van der Waals surface area contributed by atoms with Gasteiger partial charge in [-0.15, -0.1) is 0 Å². The van der Waals surface area contributed by atoms with Gasteiger partial charge in [-0.1, -0.05) is 23.2 Å². The lowest BCUT2D eigenvalue weighted by Gasteiger charge is -2.07. The van der Waals surface area contributed by atoms with Gasteiger partial charge in [0.05, 0.1) is 29.7 Å². The van der Waals surface area contributed by atoms with Crippen molar-refractivity contribution < 1.29 is 4.74 Å². The molecule has 2 aromatic carbocycles. The first-order chi connectivity index (χ1) is 11.2. The molecule has 3 nitrogen and oxygen atoms in total. The molecule has 0 aliphatic rings. The molecule has 5 heteroatoms. The largest absolute Gasteiger partial charge is 0.497 e. The van der Waals surface area contributed by atoms with Crippen LogP contribution in [0.3, 0.4) is 0 Å². The Morgan fingerprint density at radius 1 is 1.04 bits per heavy atom. The molecule has 0 amide bonds. The Labute approximate surface area is 144 Å². The smallest absolute Gasteiger partial charge is 0.119 e. The standard InChI is InChI=1S/C18H14Cl2N2O/c1-23-16-7-5-14(6-8-16)22-10-2-3-15(22)12-21-18-9-4-13(19)11-17(18)20/h2-12H,1H3. The Kier molecular flexibility index (Phi) is 4.70. The van der Waals surface area contributed by atoms with E-state index in [1.54, 1.807) is 31.5 Å². The van der Waals surface area contributed by atoms with Crippen molar-refractivity contribution in [2.24, 2.45) is 4.99 Å². The van der Waals surface area contributed by atoms with Crippen molar-refractivity contribution in [1.29, 1.82) is 0 Å². The maximum absolute atomic E-state index is 6.14. The van der Waals surface area contributed by atoms with Gasteiger partial charge in [-0.05, 0) is 54.6 Å². The summed E-state index contributed by atoms with van der Waals surface area (Å²) in [6.45, 7) is 0. The van der Waals surface area contributed by atoms with Crippen LogP contribution in [-0.4, -0.2) is 17.9 Å². The van der Waals surface area contributed by atoms with Crippen molar-refractivity contribution in [3.63, 3.8) is 0 Å². The van der Waals surface area contributed by atoms with Gasteiger partial charge in [-0.3, -0.25) is 4.99 Å². The number of aliphatic imine (C=N–C) groups is 1. The number of aromatic nitrogens is 1. The van der Waals surface area contributed by atoms with Crippen molar-refractivity contribution in [3.05, 3.63) is 76.5 Å². The van der Waals surface area contributed by atoms with Crippen LogP contribution in [0.4, 0.5) is 5.69 Å². The monoisotopic (exact) mass is 344 g/mol. The Hall–Kier alpha value is -2.23. The van der Waals surface area contributed by atoms with Gasteiger partial charge in [-0.2, -0.15) is 0 Å². The summed E-state index contributed by atoms with van der Waals surface area (Å²) in [5.74, 6) is 0.823. The van der Waals surface area contributed by atoms with E-state index in [1.807, 2.05) is 47.2 Å². The highest BCUT2D eigenvalue weighted by Gasteiger charge is 2.03. The summed E-state index contributed by atoms with van der Waals surface area (Å²) in [6.07, 6.45) is 3.76. The minimum atomic E-state index is 0.524. The van der Waals surface area contributed by atoms with Gasteiger partial charge < -0.3 is 9.30 Å². The number of halogens is 2. The molecule has 0 spiro atoms. The van der Waals surface area contributed by atoms with Crippen molar-refractivity contribution in [1.82, 2.24) is 4.57 Å². The minimum absolute atomic E-state index is 0.524. The lowest BCUT2D eigenvalue weighted by Crippen LogP contribution is -1.97. The quantitative estimate of drug-likeness (QED) is 0.570. The molecule has 0 saturated carbocycles. The third kappa shape index (κ3) is 3.58. The van der Waals surface area contributed by atoms with Crippen LogP contribution in [0.5, 0.6) is 5.75 Å². The summed E-state index contributed by atoms with van der Waals surface area (Å²) in [7, 11) is 1.65. The van der Waals surface area contributed by atoms with Crippen molar-refractivity contribution in [2.45, 2.75) is 0 Å². The van der Waals surface area contributed by atoms with Gasteiger partial charge in [0.2, 0.25) is 0 Å². The Morgan fingerprint density at radius 3 is 2.52 bits per heavy atom. The van der Waals surface area contributed by atoms with Crippen LogP contribution >= 0.6 is 23.2 Å². The first-order valence-corrected chi connectivity index (χ1v) is 7.74. The van der Waals surface area contributed by atoms with Crippen LogP contribution in [0.1, 0.15) is 5.69 Å². The van der Waals surface area contributed by atoms with Crippen LogP contribution in [0.25, 0.3) is 5.69 Å². The van der Waals surface area contributed by atoms with E-state index in [0.29, 0.717) is 15.7 Å². The van der Waals surface area contributed by atoms with E-state index in [-0.39, 0.29) is 0 Å². The second-order valence-electron chi connectivity index (χ2n) is 4.86. The summed E-state index contributed by atoms with van der Waals surface area (Å²) < 4.78 is 7.22. The number of hydrogen-bond donors (Lipinski definition) is 0. The molecule has 0 fully saturated rings. The zero-order chi connectivity index (χ0) is 16.2. The summed E-state index contributed by atoms with van der Waals surface area (Å²) in [6, 6.07) is 17.0. The summed E-state index contributed by atoms with van der Waals surface area (Å²) in [5, 5.41) is 1.12. The molecule has 116 valence electrons. The molecular weight excluding hydrogens is 331 g/mol. The molecular formula is C18H14Cl2N2O. The second kappa shape index (κ2) is 6.90. The molecule has 0 atom stereocenters. The average Bonchev–Trinajstić information content (AvgIpc) is 3.02. The molecule has 23 heavy (non-hydrogen) atoms. The first-order valence-electron chi connectivity index (χ1n) is 6.98. The molecule has 1 heterocycles. The zero-order valence-corrected chi connectivity index (χ0v) is 13.9. The van der Waals surface area contributed by atoms with E-state index in [9.17, 15) is 0 Å². The van der Waals surface area contributed by atoms with Crippen molar-refractivity contribution in [2.75, 3.05) is 7.11 Å². The molecule has 0 bridgehead atoms. The van der Waals surface area contributed by atoms with E-state index in [4.69, 9.17) is 27.9 Å². The SMILES string of the molecule is COc1ccc(-n2cccc2C=Nc2ccc(Cl)cc2Cl)cc1. The normalized spacial score (nSPS) is 11.1. The van der Waals surface area contributed by atoms with Gasteiger partial charge in [-0.25, -0.2) is 0 Å². The van der Waals surface area contributed by atoms with Gasteiger partial charge in [0.25, 0.3) is 0 Å². The molecule has 0 saturated heterocycles. The van der Waals surface area contributed by atoms with Gasteiger partial charge in [0.15, 0.2) is 0 Å². The van der Waals surface area contributed by atoms with Crippen LogP contribution in [0.15, 0.2) is 65.8 Å². The first kappa shape index (κ1) is 15.7.